The van der Waals surface area contributed by atoms with Gasteiger partial charge in [-0.25, -0.2) is 4.99 Å². The fourth-order valence-corrected chi connectivity index (χ4v) is 2.31. The molecule has 130 valence electrons. The summed E-state index contributed by atoms with van der Waals surface area (Å²) >= 11 is 6.18. The molecule has 0 fully saturated rings. The average molecular weight is 460 g/mol. The van der Waals surface area contributed by atoms with Crippen LogP contribution in [-0.4, -0.2) is 19.6 Å². The van der Waals surface area contributed by atoms with E-state index in [2.05, 4.69) is 15.6 Å². The molecular weight excluding hydrogens is 437 g/mol. The number of aliphatic imine (C=N–C) groups is 1. The Balaban J connectivity index is 0.00000288. The largest absolute Gasteiger partial charge is 0.497 e. The Morgan fingerprint density at radius 2 is 1.92 bits per heavy atom. The number of nitrogens with one attached hydrogen (secondary N) is 2. The zero-order valence-corrected chi connectivity index (χ0v) is 17.0. The van der Waals surface area contributed by atoms with E-state index in [4.69, 9.17) is 16.3 Å². The van der Waals surface area contributed by atoms with E-state index >= 15 is 0 Å². The van der Waals surface area contributed by atoms with Crippen molar-refractivity contribution in [3.05, 3.63) is 64.7 Å². The maximum Gasteiger partial charge on any atom is 0.191 e. The third-order valence-electron chi connectivity index (χ3n) is 3.30. The normalized spacial score (nSPS) is 10.7. The fraction of sp³-hybridized carbons (Fsp3) is 0.278. The molecule has 2 N–H and O–H groups in total. The number of ether oxygens (including phenoxy) is 1. The maximum atomic E-state index is 6.18. The van der Waals surface area contributed by atoms with E-state index in [0.717, 1.165) is 34.4 Å². The molecule has 4 nitrogen and oxygen atoms in total. The Morgan fingerprint density at radius 1 is 1.12 bits per heavy atom. The minimum Gasteiger partial charge on any atom is -0.497 e. The first kappa shape index (κ1) is 20.6. The molecule has 0 bridgehead atoms. The predicted octanol–water partition coefficient (Wildman–Crippen LogP) is 4.22. The summed E-state index contributed by atoms with van der Waals surface area (Å²) in [6.07, 6.45) is 0. The van der Waals surface area contributed by atoms with Crippen LogP contribution >= 0.6 is 35.6 Å². The van der Waals surface area contributed by atoms with Gasteiger partial charge in [-0.3, -0.25) is 0 Å². The van der Waals surface area contributed by atoms with E-state index < -0.39 is 0 Å². The minimum absolute atomic E-state index is 0. The molecule has 0 saturated heterocycles. The first-order valence-electron chi connectivity index (χ1n) is 7.61. The van der Waals surface area contributed by atoms with Gasteiger partial charge < -0.3 is 15.4 Å². The van der Waals surface area contributed by atoms with Crippen molar-refractivity contribution in [1.82, 2.24) is 10.6 Å². The van der Waals surface area contributed by atoms with Gasteiger partial charge in [0.25, 0.3) is 0 Å². The second kappa shape index (κ2) is 11.1. The monoisotopic (exact) mass is 459 g/mol. The molecule has 24 heavy (non-hydrogen) atoms. The van der Waals surface area contributed by atoms with E-state index in [1.807, 2.05) is 55.5 Å². The standard InChI is InChI=1S/C18H22ClN3O.HI/c1-3-20-18(22-13-15-8-4-5-10-17(15)19)21-12-14-7-6-9-16(11-14)23-2;/h4-11H,3,12-13H2,1-2H3,(H2,20,21,22);1H. The number of benzene rings is 2. The number of hydrogen-bond acceptors (Lipinski definition) is 2. The number of halogens is 2. The lowest BCUT2D eigenvalue weighted by Crippen LogP contribution is -2.36. The van der Waals surface area contributed by atoms with Crippen LogP contribution in [0.25, 0.3) is 0 Å². The Bertz CT molecular complexity index is 664. The molecule has 0 unspecified atom stereocenters. The van der Waals surface area contributed by atoms with Gasteiger partial charge in [-0.15, -0.1) is 24.0 Å². The van der Waals surface area contributed by atoms with Crippen molar-refractivity contribution in [2.45, 2.75) is 20.0 Å². The summed E-state index contributed by atoms with van der Waals surface area (Å²) < 4.78 is 5.23. The third-order valence-corrected chi connectivity index (χ3v) is 3.67. The lowest BCUT2D eigenvalue weighted by atomic mass is 10.2. The van der Waals surface area contributed by atoms with E-state index in [1.165, 1.54) is 0 Å². The van der Waals surface area contributed by atoms with Crippen LogP contribution in [0.5, 0.6) is 5.75 Å². The maximum absolute atomic E-state index is 6.18. The Hall–Kier alpha value is -1.47. The summed E-state index contributed by atoms with van der Waals surface area (Å²) in [4.78, 5) is 4.60. The second-order valence-corrected chi connectivity index (χ2v) is 5.40. The third kappa shape index (κ3) is 6.57. The fourth-order valence-electron chi connectivity index (χ4n) is 2.10. The Labute approximate surface area is 165 Å². The van der Waals surface area contributed by atoms with Gasteiger partial charge in [0, 0.05) is 18.1 Å². The number of guanidine groups is 1. The highest BCUT2D eigenvalue weighted by Crippen LogP contribution is 2.15. The molecule has 0 aromatic heterocycles. The summed E-state index contributed by atoms with van der Waals surface area (Å²) in [5, 5.41) is 7.29. The first-order chi connectivity index (χ1) is 11.2. The summed E-state index contributed by atoms with van der Waals surface area (Å²) in [5.74, 6) is 1.60. The molecule has 0 amide bonds. The van der Waals surface area contributed by atoms with Crippen molar-refractivity contribution >= 4 is 41.5 Å². The quantitative estimate of drug-likeness (QED) is 0.386. The number of nitrogens with zero attached hydrogens (tertiary/aromatic N) is 1. The molecule has 2 aromatic rings. The van der Waals surface area contributed by atoms with E-state index in [9.17, 15) is 0 Å². The summed E-state index contributed by atoms with van der Waals surface area (Å²) in [6.45, 7) is 4.05. The summed E-state index contributed by atoms with van der Waals surface area (Å²) in [6, 6.07) is 15.7. The van der Waals surface area contributed by atoms with Gasteiger partial charge in [-0.1, -0.05) is 41.9 Å². The number of rotatable bonds is 6. The molecule has 0 atom stereocenters. The Morgan fingerprint density at radius 3 is 2.62 bits per heavy atom. The molecule has 0 spiro atoms. The van der Waals surface area contributed by atoms with Crippen molar-refractivity contribution in [2.24, 2.45) is 4.99 Å². The highest BCUT2D eigenvalue weighted by Gasteiger charge is 2.02. The van der Waals surface area contributed by atoms with Crippen molar-refractivity contribution in [3.63, 3.8) is 0 Å². The molecule has 2 aromatic carbocycles. The molecule has 0 aliphatic heterocycles. The highest BCUT2D eigenvalue weighted by molar-refractivity contribution is 14.0. The number of hydrogen-bond donors (Lipinski definition) is 2. The molecular formula is C18H23ClIN3O. The van der Waals surface area contributed by atoms with Gasteiger partial charge in [0.05, 0.1) is 13.7 Å². The van der Waals surface area contributed by atoms with E-state index in [1.54, 1.807) is 7.11 Å². The van der Waals surface area contributed by atoms with Crippen LogP contribution in [-0.2, 0) is 13.1 Å². The van der Waals surface area contributed by atoms with Gasteiger partial charge in [0.1, 0.15) is 5.75 Å². The van der Waals surface area contributed by atoms with Crippen LogP contribution < -0.4 is 15.4 Å². The lowest BCUT2D eigenvalue weighted by molar-refractivity contribution is 0.414. The van der Waals surface area contributed by atoms with Gasteiger partial charge in [0.15, 0.2) is 5.96 Å². The van der Waals surface area contributed by atoms with Crippen LogP contribution in [0.3, 0.4) is 0 Å². The molecule has 0 aliphatic carbocycles. The topological polar surface area (TPSA) is 45.7 Å². The second-order valence-electron chi connectivity index (χ2n) is 4.99. The lowest BCUT2D eigenvalue weighted by Gasteiger charge is -2.12. The van der Waals surface area contributed by atoms with Crippen LogP contribution in [0.2, 0.25) is 5.02 Å². The predicted molar refractivity (Wildman–Crippen MR) is 112 cm³/mol. The molecule has 0 saturated carbocycles. The van der Waals surface area contributed by atoms with Crippen molar-refractivity contribution < 1.29 is 4.74 Å². The molecule has 0 heterocycles. The molecule has 6 heteroatoms. The zero-order valence-electron chi connectivity index (χ0n) is 13.9. The van der Waals surface area contributed by atoms with Crippen LogP contribution in [0.15, 0.2) is 53.5 Å². The molecule has 0 aliphatic rings. The zero-order chi connectivity index (χ0) is 16.5. The SMILES string of the molecule is CCNC(=NCc1cccc(OC)c1)NCc1ccccc1Cl.I. The van der Waals surface area contributed by atoms with Crippen molar-refractivity contribution in [3.8, 4) is 5.75 Å². The van der Waals surface area contributed by atoms with Crippen LogP contribution in [0, 0.1) is 0 Å². The highest BCUT2D eigenvalue weighted by atomic mass is 127. The van der Waals surface area contributed by atoms with Gasteiger partial charge in [-0.05, 0) is 36.2 Å². The summed E-state index contributed by atoms with van der Waals surface area (Å²) in [7, 11) is 1.66. The smallest absolute Gasteiger partial charge is 0.191 e. The van der Waals surface area contributed by atoms with Crippen molar-refractivity contribution in [1.29, 1.82) is 0 Å². The van der Waals surface area contributed by atoms with Gasteiger partial charge in [-0.2, -0.15) is 0 Å². The van der Waals surface area contributed by atoms with Crippen molar-refractivity contribution in [2.75, 3.05) is 13.7 Å². The van der Waals surface area contributed by atoms with E-state index in [-0.39, 0.29) is 24.0 Å². The first-order valence-corrected chi connectivity index (χ1v) is 7.99. The average Bonchev–Trinajstić information content (AvgIpc) is 2.59. The van der Waals surface area contributed by atoms with Crippen LogP contribution in [0.4, 0.5) is 0 Å². The van der Waals surface area contributed by atoms with Gasteiger partial charge >= 0.3 is 0 Å². The molecule has 0 radical (unpaired) electrons. The summed E-state index contributed by atoms with van der Waals surface area (Å²) in [5.41, 5.74) is 2.14. The van der Waals surface area contributed by atoms with E-state index in [0.29, 0.717) is 13.1 Å². The van der Waals surface area contributed by atoms with Gasteiger partial charge in [0.2, 0.25) is 0 Å². The van der Waals surface area contributed by atoms with Crippen LogP contribution in [0.1, 0.15) is 18.1 Å². The minimum atomic E-state index is 0. The number of methoxy groups -OCH3 is 1. The molecule has 2 rings (SSSR count). The Kier molecular flexibility index (Phi) is 9.56.